The van der Waals surface area contributed by atoms with Crippen LogP contribution in [0.15, 0.2) is 61.3 Å². The first-order chi connectivity index (χ1) is 15.3. The standard InChI is InChI=1S/C25H25N5O2/c1-5-17-8-6-9-19(12-17)28-25-18(15-26)16-27-21-14-23(31)22(13-20(21)25)30(4)24(32)10-7-11-29(2)3/h5-10,12-14,16,31H,1,11H2,2-4H3,(H,27,28)/b10-7+. The van der Waals surface area contributed by atoms with Gasteiger partial charge in [-0.15, -0.1) is 0 Å². The molecule has 3 rings (SSSR count). The number of rotatable bonds is 7. The van der Waals surface area contributed by atoms with E-state index in [1.54, 1.807) is 25.3 Å². The Bertz CT molecular complexity index is 1240. The Morgan fingerprint density at radius 1 is 1.28 bits per heavy atom. The number of amides is 1. The molecular formula is C25H25N5O2. The zero-order valence-electron chi connectivity index (χ0n) is 18.3. The lowest BCUT2D eigenvalue weighted by Gasteiger charge is -2.19. The third-order valence-corrected chi connectivity index (χ3v) is 4.90. The molecule has 162 valence electrons. The fourth-order valence-electron chi connectivity index (χ4n) is 3.19. The van der Waals surface area contributed by atoms with Crippen molar-refractivity contribution in [3.05, 3.63) is 72.5 Å². The van der Waals surface area contributed by atoms with Gasteiger partial charge >= 0.3 is 0 Å². The van der Waals surface area contributed by atoms with Crippen LogP contribution in [-0.2, 0) is 4.79 Å². The summed E-state index contributed by atoms with van der Waals surface area (Å²) in [4.78, 5) is 20.2. The fourth-order valence-corrected chi connectivity index (χ4v) is 3.19. The Morgan fingerprint density at radius 2 is 2.06 bits per heavy atom. The molecule has 0 saturated carbocycles. The van der Waals surface area contributed by atoms with Crippen LogP contribution in [0, 0.1) is 11.3 Å². The van der Waals surface area contributed by atoms with Crippen LogP contribution in [0.4, 0.5) is 17.1 Å². The third kappa shape index (κ3) is 4.94. The van der Waals surface area contributed by atoms with Crippen molar-refractivity contribution in [2.24, 2.45) is 0 Å². The van der Waals surface area contributed by atoms with Crippen LogP contribution < -0.4 is 10.2 Å². The van der Waals surface area contributed by atoms with E-state index in [1.165, 1.54) is 23.2 Å². The number of carbonyl (C=O) groups is 1. The number of fused-ring (bicyclic) bond motifs is 1. The smallest absolute Gasteiger partial charge is 0.250 e. The van der Waals surface area contributed by atoms with Crippen molar-refractivity contribution in [3.8, 4) is 11.8 Å². The number of phenolic OH excluding ortho intramolecular Hbond substituents is 1. The molecule has 0 aliphatic heterocycles. The number of nitrogens with zero attached hydrogens (tertiary/aromatic N) is 4. The molecule has 0 atom stereocenters. The molecule has 0 radical (unpaired) electrons. The molecule has 0 aliphatic carbocycles. The maximum atomic E-state index is 12.6. The zero-order valence-corrected chi connectivity index (χ0v) is 18.3. The van der Waals surface area contributed by atoms with E-state index in [0.717, 1.165) is 11.3 Å². The van der Waals surface area contributed by atoms with Crippen molar-refractivity contribution < 1.29 is 9.90 Å². The molecule has 7 heteroatoms. The van der Waals surface area contributed by atoms with Crippen molar-refractivity contribution >= 4 is 39.9 Å². The van der Waals surface area contributed by atoms with Gasteiger partial charge in [-0.25, -0.2) is 0 Å². The van der Waals surface area contributed by atoms with E-state index in [0.29, 0.717) is 34.4 Å². The van der Waals surface area contributed by atoms with E-state index in [9.17, 15) is 15.2 Å². The molecule has 0 saturated heterocycles. The first kappa shape index (κ1) is 22.5. The number of nitrogens with one attached hydrogen (secondary N) is 1. The normalized spacial score (nSPS) is 11.0. The highest BCUT2D eigenvalue weighted by Gasteiger charge is 2.17. The lowest BCUT2D eigenvalue weighted by atomic mass is 10.1. The van der Waals surface area contributed by atoms with Gasteiger partial charge in [0.25, 0.3) is 5.91 Å². The van der Waals surface area contributed by atoms with Crippen LogP contribution in [0.25, 0.3) is 17.0 Å². The van der Waals surface area contributed by atoms with E-state index >= 15 is 0 Å². The molecule has 0 aliphatic rings. The van der Waals surface area contributed by atoms with Gasteiger partial charge in [0.15, 0.2) is 0 Å². The van der Waals surface area contributed by atoms with Gasteiger partial charge in [0.2, 0.25) is 0 Å². The minimum Gasteiger partial charge on any atom is -0.506 e. The average molecular weight is 428 g/mol. The van der Waals surface area contributed by atoms with Crippen LogP contribution in [0.3, 0.4) is 0 Å². The van der Waals surface area contributed by atoms with E-state index in [4.69, 9.17) is 0 Å². The van der Waals surface area contributed by atoms with Crippen molar-refractivity contribution in [1.82, 2.24) is 9.88 Å². The lowest BCUT2D eigenvalue weighted by molar-refractivity contribution is -0.113. The number of carbonyl (C=O) groups excluding carboxylic acids is 1. The molecule has 1 amide bonds. The first-order valence-corrected chi connectivity index (χ1v) is 9.98. The SMILES string of the molecule is C=Cc1cccc(Nc2c(C#N)cnc3cc(O)c(N(C)C(=O)/C=C/CN(C)C)cc23)c1. The van der Waals surface area contributed by atoms with Gasteiger partial charge in [-0.1, -0.05) is 30.9 Å². The summed E-state index contributed by atoms with van der Waals surface area (Å²) >= 11 is 0. The van der Waals surface area contributed by atoms with Gasteiger partial charge in [0, 0.05) is 43.0 Å². The summed E-state index contributed by atoms with van der Waals surface area (Å²) in [5.74, 6) is -0.356. The number of nitriles is 1. The number of hydrogen-bond acceptors (Lipinski definition) is 6. The van der Waals surface area contributed by atoms with E-state index in [1.807, 2.05) is 43.3 Å². The average Bonchev–Trinajstić information content (AvgIpc) is 2.78. The van der Waals surface area contributed by atoms with Crippen LogP contribution in [0.5, 0.6) is 5.75 Å². The fraction of sp³-hybridized carbons (Fsp3) is 0.160. The Kier molecular flexibility index (Phi) is 6.88. The largest absolute Gasteiger partial charge is 0.506 e. The third-order valence-electron chi connectivity index (χ3n) is 4.90. The van der Waals surface area contributed by atoms with Crippen LogP contribution >= 0.6 is 0 Å². The molecule has 1 aromatic heterocycles. The molecule has 0 fully saturated rings. The highest BCUT2D eigenvalue weighted by Crippen LogP contribution is 2.37. The number of aromatic hydroxyl groups is 1. The number of pyridine rings is 1. The van der Waals surface area contributed by atoms with Crippen molar-refractivity contribution in [1.29, 1.82) is 5.26 Å². The van der Waals surface area contributed by atoms with E-state index in [-0.39, 0.29) is 11.7 Å². The molecule has 7 nitrogen and oxygen atoms in total. The van der Waals surface area contributed by atoms with Gasteiger partial charge < -0.3 is 20.2 Å². The summed E-state index contributed by atoms with van der Waals surface area (Å²) < 4.78 is 0. The molecule has 32 heavy (non-hydrogen) atoms. The Labute approximate surface area is 187 Å². The molecule has 2 aromatic carbocycles. The maximum Gasteiger partial charge on any atom is 0.250 e. The van der Waals surface area contributed by atoms with Gasteiger partial charge in [-0.05, 0) is 37.9 Å². The van der Waals surface area contributed by atoms with E-state index < -0.39 is 0 Å². The molecule has 0 unspecified atom stereocenters. The summed E-state index contributed by atoms with van der Waals surface area (Å²) in [6.07, 6.45) is 6.42. The number of phenols is 1. The maximum absolute atomic E-state index is 12.6. The van der Waals surface area contributed by atoms with Crippen molar-refractivity contribution in [2.75, 3.05) is 37.9 Å². The van der Waals surface area contributed by atoms with Gasteiger partial charge in [0.05, 0.1) is 22.5 Å². The minimum absolute atomic E-state index is 0.0776. The first-order valence-electron chi connectivity index (χ1n) is 9.98. The summed E-state index contributed by atoms with van der Waals surface area (Å²) in [5.41, 5.74) is 3.41. The zero-order chi connectivity index (χ0) is 23.3. The molecule has 3 aromatic rings. The summed E-state index contributed by atoms with van der Waals surface area (Å²) in [6, 6.07) is 12.9. The van der Waals surface area contributed by atoms with Crippen LogP contribution in [0.2, 0.25) is 0 Å². The van der Waals surface area contributed by atoms with Crippen molar-refractivity contribution in [2.45, 2.75) is 0 Å². The number of hydrogen-bond donors (Lipinski definition) is 2. The lowest BCUT2D eigenvalue weighted by Crippen LogP contribution is -2.24. The molecule has 1 heterocycles. The quantitative estimate of drug-likeness (QED) is 0.547. The van der Waals surface area contributed by atoms with Gasteiger partial charge in [-0.3, -0.25) is 9.78 Å². The monoisotopic (exact) mass is 427 g/mol. The molecule has 0 spiro atoms. The van der Waals surface area contributed by atoms with E-state index in [2.05, 4.69) is 22.9 Å². The second-order valence-electron chi connectivity index (χ2n) is 7.53. The number of anilines is 3. The minimum atomic E-state index is -0.279. The van der Waals surface area contributed by atoms with Crippen LogP contribution in [-0.4, -0.2) is 48.6 Å². The van der Waals surface area contributed by atoms with Crippen molar-refractivity contribution in [3.63, 3.8) is 0 Å². The van der Waals surface area contributed by atoms with Crippen LogP contribution in [0.1, 0.15) is 11.1 Å². The second kappa shape index (κ2) is 9.77. The predicted molar refractivity (Wildman–Crippen MR) is 129 cm³/mol. The predicted octanol–water partition coefficient (Wildman–Crippen LogP) is 4.28. The summed E-state index contributed by atoms with van der Waals surface area (Å²) in [6.45, 7) is 4.41. The Balaban J connectivity index is 2.07. The van der Waals surface area contributed by atoms with Gasteiger partial charge in [0.1, 0.15) is 11.8 Å². The highest BCUT2D eigenvalue weighted by molar-refractivity contribution is 6.05. The molecular weight excluding hydrogens is 402 g/mol. The van der Waals surface area contributed by atoms with Gasteiger partial charge in [-0.2, -0.15) is 5.26 Å². The topological polar surface area (TPSA) is 92.5 Å². The molecule has 2 N–H and O–H groups in total. The number of likely N-dealkylation sites (N-methyl/N-ethyl adjacent to an activating group) is 2. The number of benzene rings is 2. The Hall–Kier alpha value is -4.15. The summed E-state index contributed by atoms with van der Waals surface area (Å²) in [7, 11) is 5.41. The highest BCUT2D eigenvalue weighted by atomic mass is 16.3. The number of aromatic nitrogens is 1. The second-order valence-corrected chi connectivity index (χ2v) is 7.53. The Morgan fingerprint density at radius 3 is 2.75 bits per heavy atom. The molecule has 0 bridgehead atoms. The summed E-state index contributed by atoms with van der Waals surface area (Å²) in [5, 5.41) is 24.1.